The van der Waals surface area contributed by atoms with E-state index in [1.807, 2.05) is 30.3 Å². The number of aromatic nitrogens is 2. The van der Waals surface area contributed by atoms with Crippen LogP contribution in [0, 0.1) is 0 Å². The Hall–Kier alpha value is -2.54. The van der Waals surface area contributed by atoms with Gasteiger partial charge in [0.15, 0.2) is 0 Å². The van der Waals surface area contributed by atoms with Gasteiger partial charge in [-0.05, 0) is 57.2 Å². The summed E-state index contributed by atoms with van der Waals surface area (Å²) in [6.07, 6.45) is 9.99. The van der Waals surface area contributed by atoms with Crippen molar-refractivity contribution < 1.29 is 4.74 Å². The maximum Gasteiger partial charge on any atom is 0.229 e. The number of nitrogens with zero attached hydrogens (tertiary/aromatic N) is 6. The molecule has 0 saturated carbocycles. The van der Waals surface area contributed by atoms with E-state index >= 15 is 0 Å². The van der Waals surface area contributed by atoms with Crippen LogP contribution < -0.4 is 19.4 Å². The number of ether oxygens (including phenoxy) is 1. The molecule has 3 aliphatic rings. The van der Waals surface area contributed by atoms with E-state index in [2.05, 4.69) is 25.7 Å². The van der Waals surface area contributed by atoms with Gasteiger partial charge in [0.2, 0.25) is 5.95 Å². The van der Waals surface area contributed by atoms with Crippen molar-refractivity contribution in [1.29, 1.82) is 0 Å². The van der Waals surface area contributed by atoms with Crippen molar-refractivity contribution in [3.05, 3.63) is 36.4 Å². The van der Waals surface area contributed by atoms with Crippen LogP contribution in [-0.2, 0) is 0 Å². The summed E-state index contributed by atoms with van der Waals surface area (Å²) in [4.78, 5) is 20.0. The Balaban J connectivity index is 1.05. The highest BCUT2D eigenvalue weighted by molar-refractivity contribution is 5.56. The summed E-state index contributed by atoms with van der Waals surface area (Å²) in [5.41, 5.74) is 0. The Morgan fingerprint density at radius 3 is 1.91 bits per heavy atom. The lowest BCUT2D eigenvalue weighted by Gasteiger charge is -2.36. The molecule has 3 aliphatic heterocycles. The maximum atomic E-state index is 5.81. The summed E-state index contributed by atoms with van der Waals surface area (Å²) in [6, 6.07) is 12.4. The average Bonchev–Trinajstić information content (AvgIpc) is 3.64. The van der Waals surface area contributed by atoms with Gasteiger partial charge < -0.3 is 19.4 Å². The third-order valence-electron chi connectivity index (χ3n) is 7.58. The van der Waals surface area contributed by atoms with Gasteiger partial charge in [-0.15, -0.1) is 0 Å². The fourth-order valence-electron chi connectivity index (χ4n) is 5.44. The smallest absolute Gasteiger partial charge is 0.229 e. The Bertz CT molecular complexity index is 855. The van der Waals surface area contributed by atoms with Gasteiger partial charge in [0.25, 0.3) is 0 Å². The first kappa shape index (κ1) is 24.2. The molecule has 7 heteroatoms. The molecule has 1 aromatic carbocycles. The molecule has 4 heterocycles. The molecule has 35 heavy (non-hydrogen) atoms. The number of hydrogen-bond donors (Lipinski definition) is 0. The molecular weight excluding hydrogens is 436 g/mol. The highest BCUT2D eigenvalue weighted by atomic mass is 16.5. The Labute approximate surface area is 211 Å². The summed E-state index contributed by atoms with van der Waals surface area (Å²) in [5, 5.41) is 0. The molecule has 5 rings (SSSR count). The van der Waals surface area contributed by atoms with Crippen LogP contribution in [0.5, 0.6) is 5.75 Å². The van der Waals surface area contributed by atoms with Crippen LogP contribution in [0.4, 0.5) is 17.6 Å². The molecule has 0 N–H and O–H groups in total. The van der Waals surface area contributed by atoms with Gasteiger partial charge in [0.05, 0.1) is 6.61 Å². The molecular formula is C28H42N6O. The fraction of sp³-hybridized carbons (Fsp3) is 0.643. The van der Waals surface area contributed by atoms with Gasteiger partial charge in [-0.3, -0.25) is 4.90 Å². The van der Waals surface area contributed by atoms with E-state index in [9.17, 15) is 0 Å². The van der Waals surface area contributed by atoms with Crippen LogP contribution >= 0.6 is 0 Å². The molecule has 2 aromatic rings. The van der Waals surface area contributed by atoms with Gasteiger partial charge in [-0.1, -0.05) is 31.0 Å². The third kappa shape index (κ3) is 6.78. The van der Waals surface area contributed by atoms with Gasteiger partial charge in [-0.2, -0.15) is 9.97 Å². The number of hydrogen-bond acceptors (Lipinski definition) is 7. The molecule has 7 nitrogen and oxygen atoms in total. The SMILES string of the molecule is c1ccc(OCCCCCCN2CCN(c3cc(N4CCCC4)nc(N4CCCC4)n3)CC2)cc1. The normalized spacial score (nSPS) is 19.0. The molecule has 0 unspecified atom stereocenters. The predicted molar refractivity (Wildman–Crippen MR) is 144 cm³/mol. The number of anilines is 3. The van der Waals surface area contributed by atoms with Gasteiger partial charge in [0.1, 0.15) is 17.4 Å². The number of para-hydroxylation sites is 1. The Morgan fingerprint density at radius 1 is 0.629 bits per heavy atom. The van der Waals surface area contributed by atoms with Crippen LogP contribution in [0.2, 0.25) is 0 Å². The van der Waals surface area contributed by atoms with E-state index in [1.165, 1.54) is 51.5 Å². The van der Waals surface area contributed by atoms with Crippen LogP contribution in [0.1, 0.15) is 51.4 Å². The third-order valence-corrected chi connectivity index (χ3v) is 7.58. The largest absolute Gasteiger partial charge is 0.494 e. The standard InChI is InChI=1S/C28H42N6O/c1(2-11-23-35-25-12-4-3-5-13-25)6-14-31-19-21-33(22-20-31)27-24-26(32-15-7-8-16-32)29-28(30-27)34-17-9-10-18-34/h3-5,12-13,24H,1-2,6-11,14-23H2. The first-order valence-corrected chi connectivity index (χ1v) is 13.9. The highest BCUT2D eigenvalue weighted by Crippen LogP contribution is 2.27. The molecule has 3 saturated heterocycles. The highest BCUT2D eigenvalue weighted by Gasteiger charge is 2.24. The average molecular weight is 479 g/mol. The zero-order chi connectivity index (χ0) is 23.7. The summed E-state index contributed by atoms with van der Waals surface area (Å²) in [6.45, 7) is 10.8. The van der Waals surface area contributed by atoms with E-state index in [0.717, 1.165) is 88.7 Å². The van der Waals surface area contributed by atoms with E-state index in [0.29, 0.717) is 0 Å². The molecule has 0 bridgehead atoms. The second kappa shape index (κ2) is 12.4. The lowest BCUT2D eigenvalue weighted by molar-refractivity contribution is 0.249. The van der Waals surface area contributed by atoms with Crippen molar-refractivity contribution in [3.8, 4) is 5.75 Å². The lowest BCUT2D eigenvalue weighted by atomic mass is 10.2. The van der Waals surface area contributed by atoms with Crippen LogP contribution in [0.3, 0.4) is 0 Å². The minimum Gasteiger partial charge on any atom is -0.494 e. The predicted octanol–water partition coefficient (Wildman–Crippen LogP) is 4.44. The van der Waals surface area contributed by atoms with Crippen molar-refractivity contribution in [2.75, 3.05) is 80.2 Å². The summed E-state index contributed by atoms with van der Waals surface area (Å²) < 4.78 is 5.81. The quantitative estimate of drug-likeness (QED) is 0.443. The number of benzene rings is 1. The van der Waals surface area contributed by atoms with Gasteiger partial charge >= 0.3 is 0 Å². The van der Waals surface area contributed by atoms with Crippen molar-refractivity contribution in [2.24, 2.45) is 0 Å². The molecule has 0 radical (unpaired) electrons. The maximum absolute atomic E-state index is 5.81. The molecule has 0 amide bonds. The zero-order valence-electron chi connectivity index (χ0n) is 21.3. The number of rotatable bonds is 11. The van der Waals surface area contributed by atoms with Crippen LogP contribution in [-0.4, -0.2) is 80.4 Å². The molecule has 0 atom stereocenters. The van der Waals surface area contributed by atoms with E-state index < -0.39 is 0 Å². The fourth-order valence-corrected chi connectivity index (χ4v) is 5.44. The summed E-state index contributed by atoms with van der Waals surface area (Å²) >= 11 is 0. The van der Waals surface area contributed by atoms with Gasteiger partial charge in [0, 0.05) is 58.4 Å². The topological polar surface area (TPSA) is 48.0 Å². The second-order valence-electron chi connectivity index (χ2n) is 10.2. The Morgan fingerprint density at radius 2 is 1.23 bits per heavy atom. The zero-order valence-corrected chi connectivity index (χ0v) is 21.3. The van der Waals surface area contributed by atoms with E-state index in [4.69, 9.17) is 14.7 Å². The molecule has 190 valence electrons. The molecule has 0 spiro atoms. The number of unbranched alkanes of at least 4 members (excludes halogenated alkanes) is 3. The lowest BCUT2D eigenvalue weighted by Crippen LogP contribution is -2.47. The van der Waals surface area contributed by atoms with Crippen LogP contribution in [0.25, 0.3) is 0 Å². The molecule has 1 aromatic heterocycles. The van der Waals surface area contributed by atoms with Crippen LogP contribution in [0.15, 0.2) is 36.4 Å². The second-order valence-corrected chi connectivity index (χ2v) is 10.2. The summed E-state index contributed by atoms with van der Waals surface area (Å²) in [7, 11) is 0. The van der Waals surface area contributed by atoms with E-state index in [-0.39, 0.29) is 0 Å². The van der Waals surface area contributed by atoms with Crippen molar-refractivity contribution in [3.63, 3.8) is 0 Å². The molecule has 3 fully saturated rings. The summed E-state index contributed by atoms with van der Waals surface area (Å²) in [5.74, 6) is 4.18. The van der Waals surface area contributed by atoms with Crippen molar-refractivity contribution >= 4 is 17.6 Å². The first-order chi connectivity index (χ1) is 17.3. The minimum absolute atomic E-state index is 0.820. The molecule has 0 aliphatic carbocycles. The minimum atomic E-state index is 0.820. The monoisotopic (exact) mass is 478 g/mol. The van der Waals surface area contributed by atoms with E-state index in [1.54, 1.807) is 0 Å². The first-order valence-electron chi connectivity index (χ1n) is 13.9. The Kier molecular flexibility index (Phi) is 8.58. The number of piperazine rings is 1. The van der Waals surface area contributed by atoms with Crippen molar-refractivity contribution in [1.82, 2.24) is 14.9 Å². The van der Waals surface area contributed by atoms with Gasteiger partial charge in [-0.25, -0.2) is 0 Å². The van der Waals surface area contributed by atoms with Crippen molar-refractivity contribution in [2.45, 2.75) is 51.4 Å².